The molecule has 88 valence electrons. The van der Waals surface area contributed by atoms with Crippen molar-refractivity contribution in [3.8, 4) is 0 Å². The lowest BCUT2D eigenvalue weighted by atomic mass is 10.1. The van der Waals surface area contributed by atoms with Crippen LogP contribution in [0.3, 0.4) is 0 Å². The summed E-state index contributed by atoms with van der Waals surface area (Å²) in [7, 11) is 0. The lowest BCUT2D eigenvalue weighted by Crippen LogP contribution is -2.50. The van der Waals surface area contributed by atoms with E-state index in [9.17, 15) is 4.79 Å². The van der Waals surface area contributed by atoms with Crippen molar-refractivity contribution in [1.29, 1.82) is 0 Å². The number of halogens is 2. The number of carbonyl (C=O) groups is 1. The minimum absolute atomic E-state index is 0.163. The largest absolute Gasteiger partial charge is 0.269 e. The van der Waals surface area contributed by atoms with E-state index in [0.29, 0.717) is 5.56 Å². The molecule has 0 aliphatic heterocycles. The lowest BCUT2D eigenvalue weighted by molar-refractivity contribution is 0.0515. The molecule has 5 heteroatoms. The summed E-state index contributed by atoms with van der Waals surface area (Å²) in [6, 6.07) is 7.19. The molecule has 0 fully saturated rings. The molecule has 0 bridgehead atoms. The number of hydrogen-bond donors (Lipinski definition) is 1. The van der Waals surface area contributed by atoms with Crippen LogP contribution in [0, 0.1) is 0 Å². The minimum atomic E-state index is -0.388. The van der Waals surface area contributed by atoms with Gasteiger partial charge in [0.05, 0.1) is 5.54 Å². The first-order chi connectivity index (χ1) is 7.36. The van der Waals surface area contributed by atoms with E-state index in [1.807, 2.05) is 32.9 Å². The number of amides is 1. The van der Waals surface area contributed by atoms with Gasteiger partial charge in [-0.25, -0.2) is 0 Å². The highest BCUT2D eigenvalue weighted by molar-refractivity contribution is 9.10. The minimum Gasteiger partial charge on any atom is -0.268 e. The Labute approximate surface area is 109 Å². The van der Waals surface area contributed by atoms with E-state index in [0.717, 1.165) is 4.47 Å². The first kappa shape index (κ1) is 13.5. The Kier molecular flexibility index (Phi) is 4.35. The van der Waals surface area contributed by atoms with Gasteiger partial charge in [0.1, 0.15) is 0 Å². The highest BCUT2D eigenvalue weighted by atomic mass is 79.9. The van der Waals surface area contributed by atoms with Crippen molar-refractivity contribution < 1.29 is 4.79 Å². The van der Waals surface area contributed by atoms with E-state index in [1.165, 1.54) is 5.01 Å². The molecule has 16 heavy (non-hydrogen) atoms. The zero-order valence-corrected chi connectivity index (χ0v) is 11.8. The second kappa shape index (κ2) is 5.17. The van der Waals surface area contributed by atoms with Gasteiger partial charge in [-0.05, 0) is 50.7 Å². The molecular formula is C11H14BrClN2O. The quantitative estimate of drug-likeness (QED) is 0.671. The number of nitrogens with zero attached hydrogens (tertiary/aromatic N) is 1. The Morgan fingerprint density at radius 1 is 1.44 bits per heavy atom. The number of rotatable bonds is 2. The molecule has 0 saturated carbocycles. The molecule has 1 aromatic carbocycles. The van der Waals surface area contributed by atoms with Crippen molar-refractivity contribution in [3.63, 3.8) is 0 Å². The van der Waals surface area contributed by atoms with Crippen molar-refractivity contribution >= 4 is 33.6 Å². The van der Waals surface area contributed by atoms with Crippen LogP contribution in [0.1, 0.15) is 31.1 Å². The van der Waals surface area contributed by atoms with Gasteiger partial charge in [0.2, 0.25) is 0 Å². The average molecular weight is 306 g/mol. The molecule has 0 heterocycles. The van der Waals surface area contributed by atoms with Crippen molar-refractivity contribution in [2.45, 2.75) is 26.3 Å². The van der Waals surface area contributed by atoms with Crippen LogP contribution in [0.15, 0.2) is 28.7 Å². The Morgan fingerprint density at radius 3 is 2.50 bits per heavy atom. The molecule has 0 aliphatic carbocycles. The maximum absolute atomic E-state index is 12.1. The summed E-state index contributed by atoms with van der Waals surface area (Å²) in [6.45, 7) is 5.70. The smallest absolute Gasteiger partial charge is 0.268 e. The zero-order valence-electron chi connectivity index (χ0n) is 9.42. The SMILES string of the molecule is CC(C)(C)N(NCl)C(=O)c1cccc(Br)c1. The summed E-state index contributed by atoms with van der Waals surface area (Å²) in [6.07, 6.45) is 0. The lowest BCUT2D eigenvalue weighted by Gasteiger charge is -2.33. The summed E-state index contributed by atoms with van der Waals surface area (Å²) in [5.74, 6) is -0.163. The molecule has 0 unspecified atom stereocenters. The van der Waals surface area contributed by atoms with E-state index in [1.54, 1.807) is 12.1 Å². The molecule has 1 amide bonds. The molecular weight excluding hydrogens is 291 g/mol. The third-order valence-corrected chi connectivity index (χ3v) is 2.69. The Balaban J connectivity index is 3.01. The van der Waals surface area contributed by atoms with Crippen LogP contribution in [-0.2, 0) is 0 Å². The standard InChI is InChI=1S/C11H14BrClN2O/c1-11(2,3)15(14-13)10(16)8-5-4-6-9(12)7-8/h4-7,14H,1-3H3. The van der Waals surface area contributed by atoms with Crippen LogP contribution in [0.25, 0.3) is 0 Å². The fourth-order valence-electron chi connectivity index (χ4n) is 1.22. The summed E-state index contributed by atoms with van der Waals surface area (Å²) in [5, 5.41) is 1.39. The van der Waals surface area contributed by atoms with Gasteiger partial charge in [-0.15, -0.1) is 4.94 Å². The first-order valence-electron chi connectivity index (χ1n) is 4.82. The van der Waals surface area contributed by atoms with Crippen LogP contribution in [0.2, 0.25) is 0 Å². The predicted octanol–water partition coefficient (Wildman–Crippen LogP) is 3.35. The van der Waals surface area contributed by atoms with Gasteiger partial charge >= 0.3 is 0 Å². The normalized spacial score (nSPS) is 11.3. The third-order valence-electron chi connectivity index (χ3n) is 2.03. The number of nitrogens with one attached hydrogen (secondary N) is 1. The molecule has 1 N–H and O–H groups in total. The summed E-state index contributed by atoms with van der Waals surface area (Å²) < 4.78 is 0.863. The Hall–Kier alpha value is -0.580. The number of hydrazine groups is 1. The van der Waals surface area contributed by atoms with E-state index < -0.39 is 0 Å². The molecule has 0 spiro atoms. The first-order valence-corrected chi connectivity index (χ1v) is 6.00. The van der Waals surface area contributed by atoms with E-state index in [-0.39, 0.29) is 11.4 Å². The third kappa shape index (κ3) is 3.20. The van der Waals surface area contributed by atoms with Crippen LogP contribution < -0.4 is 4.94 Å². The van der Waals surface area contributed by atoms with Gasteiger partial charge in [0, 0.05) is 10.0 Å². The molecule has 3 nitrogen and oxygen atoms in total. The fraction of sp³-hybridized carbons (Fsp3) is 0.364. The van der Waals surface area contributed by atoms with Crippen LogP contribution >= 0.6 is 27.7 Å². The summed E-state index contributed by atoms with van der Waals surface area (Å²) >= 11 is 8.91. The van der Waals surface area contributed by atoms with E-state index in [2.05, 4.69) is 20.9 Å². The van der Waals surface area contributed by atoms with Gasteiger partial charge in [0.15, 0.2) is 0 Å². The summed E-state index contributed by atoms with van der Waals surface area (Å²) in [4.78, 5) is 14.5. The van der Waals surface area contributed by atoms with Crippen molar-refractivity contribution in [2.24, 2.45) is 0 Å². The maximum atomic E-state index is 12.1. The van der Waals surface area contributed by atoms with Crippen molar-refractivity contribution in [3.05, 3.63) is 34.3 Å². The van der Waals surface area contributed by atoms with Crippen LogP contribution in [0.5, 0.6) is 0 Å². The van der Waals surface area contributed by atoms with Gasteiger partial charge in [0.25, 0.3) is 5.91 Å². The predicted molar refractivity (Wildman–Crippen MR) is 69.1 cm³/mol. The van der Waals surface area contributed by atoms with Gasteiger partial charge in [-0.2, -0.15) is 0 Å². The molecule has 1 aromatic rings. The fourth-order valence-corrected chi connectivity index (χ4v) is 1.95. The molecule has 1 rings (SSSR count). The van der Waals surface area contributed by atoms with Crippen LogP contribution in [0.4, 0.5) is 0 Å². The van der Waals surface area contributed by atoms with Gasteiger partial charge in [-0.3, -0.25) is 9.80 Å². The van der Waals surface area contributed by atoms with Gasteiger partial charge < -0.3 is 0 Å². The zero-order chi connectivity index (χ0) is 12.3. The van der Waals surface area contributed by atoms with Gasteiger partial charge in [-0.1, -0.05) is 22.0 Å². The molecule has 0 atom stereocenters. The average Bonchev–Trinajstić information content (AvgIpc) is 2.16. The Morgan fingerprint density at radius 2 is 2.06 bits per heavy atom. The van der Waals surface area contributed by atoms with Crippen molar-refractivity contribution in [1.82, 2.24) is 9.95 Å². The molecule has 0 aliphatic rings. The maximum Gasteiger partial charge on any atom is 0.269 e. The van der Waals surface area contributed by atoms with E-state index >= 15 is 0 Å². The number of hydrogen-bond acceptors (Lipinski definition) is 2. The Bertz CT molecular complexity index is 390. The second-order valence-electron chi connectivity index (χ2n) is 4.41. The van der Waals surface area contributed by atoms with Crippen LogP contribution in [-0.4, -0.2) is 16.5 Å². The number of carbonyl (C=O) groups excluding carboxylic acids is 1. The molecule has 0 aromatic heterocycles. The molecule has 0 radical (unpaired) electrons. The monoisotopic (exact) mass is 304 g/mol. The highest BCUT2D eigenvalue weighted by Crippen LogP contribution is 2.18. The molecule has 0 saturated heterocycles. The van der Waals surface area contributed by atoms with Crippen molar-refractivity contribution in [2.75, 3.05) is 0 Å². The summed E-state index contributed by atoms with van der Waals surface area (Å²) in [5.41, 5.74) is 0.193. The number of benzene rings is 1. The second-order valence-corrected chi connectivity index (χ2v) is 5.49. The van der Waals surface area contributed by atoms with E-state index in [4.69, 9.17) is 11.8 Å². The topological polar surface area (TPSA) is 32.3 Å². The highest BCUT2D eigenvalue weighted by Gasteiger charge is 2.27.